The third-order valence-corrected chi connectivity index (χ3v) is 4.57. The maximum atomic E-state index is 12.9. The molecule has 5 heteroatoms. The van der Waals surface area contributed by atoms with Crippen molar-refractivity contribution < 1.29 is 14.3 Å². The highest BCUT2D eigenvalue weighted by atomic mass is 16.5. The summed E-state index contributed by atoms with van der Waals surface area (Å²) in [5.74, 6) is 0.223. The van der Waals surface area contributed by atoms with Crippen molar-refractivity contribution in [2.45, 2.75) is 40.3 Å². The summed E-state index contributed by atoms with van der Waals surface area (Å²) in [6.07, 6.45) is 0. The molecule has 0 saturated heterocycles. The molecule has 2 aromatic carbocycles. The predicted molar refractivity (Wildman–Crippen MR) is 107 cm³/mol. The van der Waals surface area contributed by atoms with Gasteiger partial charge in [0.1, 0.15) is 11.8 Å². The van der Waals surface area contributed by atoms with E-state index in [1.807, 2.05) is 63.2 Å². The lowest BCUT2D eigenvalue weighted by molar-refractivity contribution is -0.142. The normalized spacial score (nSPS) is 11.6. The SMILES string of the molecule is CNC(=O)[C@H](C)N(Cc1ccccc1C)C(=O)COc1cc(C)cc(C)c1. The van der Waals surface area contributed by atoms with Crippen LogP contribution >= 0.6 is 0 Å². The number of hydrogen-bond acceptors (Lipinski definition) is 3. The van der Waals surface area contributed by atoms with Gasteiger partial charge in [0.05, 0.1) is 0 Å². The second-order valence-corrected chi connectivity index (χ2v) is 6.85. The predicted octanol–water partition coefficient (Wildman–Crippen LogP) is 3.15. The Labute approximate surface area is 161 Å². The van der Waals surface area contributed by atoms with Gasteiger partial charge in [-0.3, -0.25) is 9.59 Å². The zero-order valence-corrected chi connectivity index (χ0v) is 16.7. The van der Waals surface area contributed by atoms with Crippen LogP contribution < -0.4 is 10.1 Å². The van der Waals surface area contributed by atoms with Crippen LogP contribution in [0.3, 0.4) is 0 Å². The van der Waals surface area contributed by atoms with Crippen molar-refractivity contribution in [2.75, 3.05) is 13.7 Å². The van der Waals surface area contributed by atoms with Gasteiger partial charge in [-0.2, -0.15) is 0 Å². The first kappa shape index (κ1) is 20.5. The number of amides is 2. The number of aryl methyl sites for hydroxylation is 3. The molecule has 0 aliphatic carbocycles. The minimum absolute atomic E-state index is 0.115. The van der Waals surface area contributed by atoms with Gasteiger partial charge in [0.2, 0.25) is 5.91 Å². The molecule has 0 heterocycles. The van der Waals surface area contributed by atoms with Crippen LogP contribution in [0, 0.1) is 20.8 Å². The molecule has 27 heavy (non-hydrogen) atoms. The second-order valence-electron chi connectivity index (χ2n) is 6.85. The summed E-state index contributed by atoms with van der Waals surface area (Å²) in [5.41, 5.74) is 4.24. The second kappa shape index (κ2) is 9.21. The van der Waals surface area contributed by atoms with E-state index >= 15 is 0 Å². The van der Waals surface area contributed by atoms with E-state index in [1.165, 1.54) is 0 Å². The van der Waals surface area contributed by atoms with Crippen LogP contribution in [0.15, 0.2) is 42.5 Å². The van der Waals surface area contributed by atoms with Crippen LogP contribution in [-0.4, -0.2) is 36.4 Å². The van der Waals surface area contributed by atoms with E-state index in [0.29, 0.717) is 12.3 Å². The van der Waals surface area contributed by atoms with Crippen molar-refractivity contribution >= 4 is 11.8 Å². The molecule has 0 spiro atoms. The number of nitrogens with zero attached hydrogens (tertiary/aromatic N) is 1. The lowest BCUT2D eigenvalue weighted by Gasteiger charge is -2.29. The van der Waals surface area contributed by atoms with E-state index in [9.17, 15) is 9.59 Å². The summed E-state index contributed by atoms with van der Waals surface area (Å²) in [4.78, 5) is 26.6. The molecule has 1 atom stereocenters. The smallest absolute Gasteiger partial charge is 0.261 e. The minimum Gasteiger partial charge on any atom is -0.484 e. The molecular weight excluding hydrogens is 340 g/mol. The standard InChI is InChI=1S/C22H28N2O3/c1-15-10-16(2)12-20(11-15)27-14-21(25)24(18(4)22(26)23-5)13-19-9-7-6-8-17(19)3/h6-12,18H,13-14H2,1-5H3,(H,23,26)/t18-/m0/s1. The lowest BCUT2D eigenvalue weighted by atomic mass is 10.1. The Morgan fingerprint density at radius 3 is 2.30 bits per heavy atom. The maximum Gasteiger partial charge on any atom is 0.261 e. The van der Waals surface area contributed by atoms with E-state index in [-0.39, 0.29) is 18.4 Å². The molecule has 0 aliphatic rings. The molecule has 0 fully saturated rings. The first-order valence-electron chi connectivity index (χ1n) is 9.08. The van der Waals surface area contributed by atoms with Crippen LogP contribution in [0.4, 0.5) is 0 Å². The molecule has 144 valence electrons. The number of carbonyl (C=O) groups excluding carboxylic acids is 2. The summed E-state index contributed by atoms with van der Waals surface area (Å²) in [5, 5.41) is 2.62. The Kier molecular flexibility index (Phi) is 6.99. The zero-order valence-electron chi connectivity index (χ0n) is 16.7. The summed E-state index contributed by atoms with van der Waals surface area (Å²) in [6, 6.07) is 13.1. The molecule has 0 unspecified atom stereocenters. The van der Waals surface area contributed by atoms with Crippen LogP contribution in [0.2, 0.25) is 0 Å². The number of ether oxygens (including phenoxy) is 1. The molecule has 0 aromatic heterocycles. The van der Waals surface area contributed by atoms with E-state index in [4.69, 9.17) is 4.74 Å². The molecule has 2 amide bonds. The number of carbonyl (C=O) groups is 2. The third-order valence-electron chi connectivity index (χ3n) is 4.57. The van der Waals surface area contributed by atoms with Crippen molar-refractivity contribution in [3.05, 3.63) is 64.7 Å². The van der Waals surface area contributed by atoms with Gasteiger partial charge in [-0.05, 0) is 62.1 Å². The quantitative estimate of drug-likeness (QED) is 0.817. The molecule has 2 aromatic rings. The van der Waals surface area contributed by atoms with E-state index in [1.54, 1.807) is 18.9 Å². The minimum atomic E-state index is -0.593. The van der Waals surface area contributed by atoms with Crippen LogP contribution in [0.5, 0.6) is 5.75 Å². The summed E-state index contributed by atoms with van der Waals surface area (Å²) >= 11 is 0. The molecule has 0 radical (unpaired) electrons. The Morgan fingerprint density at radius 1 is 1.07 bits per heavy atom. The fourth-order valence-electron chi connectivity index (χ4n) is 3.01. The monoisotopic (exact) mass is 368 g/mol. The average Bonchev–Trinajstić information content (AvgIpc) is 2.63. The number of rotatable bonds is 7. The van der Waals surface area contributed by atoms with Crippen molar-refractivity contribution in [2.24, 2.45) is 0 Å². The highest BCUT2D eigenvalue weighted by Gasteiger charge is 2.26. The Balaban J connectivity index is 2.17. The zero-order chi connectivity index (χ0) is 20.0. The van der Waals surface area contributed by atoms with E-state index in [2.05, 4.69) is 5.32 Å². The van der Waals surface area contributed by atoms with Crippen molar-refractivity contribution in [1.82, 2.24) is 10.2 Å². The van der Waals surface area contributed by atoms with Crippen LogP contribution in [0.25, 0.3) is 0 Å². The van der Waals surface area contributed by atoms with Crippen molar-refractivity contribution in [3.63, 3.8) is 0 Å². The fraction of sp³-hybridized carbons (Fsp3) is 0.364. The van der Waals surface area contributed by atoms with Gasteiger partial charge < -0.3 is 15.0 Å². The number of hydrogen-bond donors (Lipinski definition) is 1. The van der Waals surface area contributed by atoms with Gasteiger partial charge in [-0.1, -0.05) is 30.3 Å². The maximum absolute atomic E-state index is 12.9. The van der Waals surface area contributed by atoms with Gasteiger partial charge >= 0.3 is 0 Å². The Morgan fingerprint density at radius 2 is 1.70 bits per heavy atom. The number of benzene rings is 2. The van der Waals surface area contributed by atoms with Crippen molar-refractivity contribution in [1.29, 1.82) is 0 Å². The highest BCUT2D eigenvalue weighted by Crippen LogP contribution is 2.17. The van der Waals surface area contributed by atoms with Gasteiger partial charge in [0.25, 0.3) is 5.91 Å². The molecule has 0 saturated carbocycles. The van der Waals surface area contributed by atoms with Gasteiger partial charge in [0.15, 0.2) is 6.61 Å². The average molecular weight is 368 g/mol. The number of nitrogens with one attached hydrogen (secondary N) is 1. The molecule has 0 bridgehead atoms. The summed E-state index contributed by atoms with van der Waals surface area (Å²) in [7, 11) is 1.57. The fourth-order valence-corrected chi connectivity index (χ4v) is 3.01. The first-order valence-corrected chi connectivity index (χ1v) is 9.08. The molecular formula is C22H28N2O3. The third kappa shape index (κ3) is 5.58. The van der Waals surface area contributed by atoms with Crippen molar-refractivity contribution in [3.8, 4) is 5.75 Å². The van der Waals surface area contributed by atoms with Gasteiger partial charge in [-0.15, -0.1) is 0 Å². The largest absolute Gasteiger partial charge is 0.484 e. The van der Waals surface area contributed by atoms with Crippen LogP contribution in [-0.2, 0) is 16.1 Å². The highest BCUT2D eigenvalue weighted by molar-refractivity contribution is 5.87. The van der Waals surface area contributed by atoms with E-state index in [0.717, 1.165) is 22.3 Å². The Bertz CT molecular complexity index is 797. The summed E-state index contributed by atoms with van der Waals surface area (Å²) in [6.45, 7) is 7.94. The molecule has 5 nitrogen and oxygen atoms in total. The topological polar surface area (TPSA) is 58.6 Å². The lowest BCUT2D eigenvalue weighted by Crippen LogP contribution is -2.48. The summed E-state index contributed by atoms with van der Waals surface area (Å²) < 4.78 is 5.72. The first-order chi connectivity index (χ1) is 12.8. The molecule has 0 aliphatic heterocycles. The number of likely N-dealkylation sites (N-methyl/N-ethyl adjacent to an activating group) is 1. The van der Waals surface area contributed by atoms with Crippen LogP contribution in [0.1, 0.15) is 29.2 Å². The molecule has 2 rings (SSSR count). The Hall–Kier alpha value is -2.82. The van der Waals surface area contributed by atoms with Gasteiger partial charge in [-0.25, -0.2) is 0 Å². The molecule has 1 N–H and O–H groups in total. The van der Waals surface area contributed by atoms with E-state index < -0.39 is 6.04 Å². The van der Waals surface area contributed by atoms with Gasteiger partial charge in [0, 0.05) is 13.6 Å².